The number of aliphatic hydroxyl groups is 1. The van der Waals surface area contributed by atoms with E-state index in [1.165, 1.54) is 4.90 Å². The van der Waals surface area contributed by atoms with E-state index >= 15 is 0 Å². The molecule has 6 nitrogen and oxygen atoms in total. The summed E-state index contributed by atoms with van der Waals surface area (Å²) >= 11 is 0. The molecule has 1 atom stereocenters. The Kier molecular flexibility index (Phi) is 3.75. The molecule has 1 unspecified atom stereocenters. The van der Waals surface area contributed by atoms with Crippen LogP contribution in [-0.2, 0) is 4.79 Å². The molecule has 2 rings (SSSR count). The number of aliphatic hydroxyl groups excluding tert-OH is 1. The Labute approximate surface area is 106 Å². The van der Waals surface area contributed by atoms with Gasteiger partial charge in [0.05, 0.1) is 6.10 Å². The van der Waals surface area contributed by atoms with Crippen LogP contribution in [0.5, 0.6) is 0 Å². The number of aliphatic carboxylic acids is 1. The van der Waals surface area contributed by atoms with E-state index in [0.29, 0.717) is 32.4 Å². The third kappa shape index (κ3) is 2.58. The zero-order chi connectivity index (χ0) is 13.2. The van der Waals surface area contributed by atoms with Gasteiger partial charge in [-0.3, -0.25) is 0 Å². The molecule has 2 amide bonds. The lowest BCUT2D eigenvalue weighted by atomic mass is 9.82. The van der Waals surface area contributed by atoms with Crippen LogP contribution in [0.4, 0.5) is 4.79 Å². The highest BCUT2D eigenvalue weighted by atomic mass is 16.4. The van der Waals surface area contributed by atoms with Crippen LogP contribution in [0.25, 0.3) is 0 Å². The van der Waals surface area contributed by atoms with Crippen molar-refractivity contribution in [3.8, 4) is 0 Å². The molecule has 3 N–H and O–H groups in total. The van der Waals surface area contributed by atoms with E-state index in [2.05, 4.69) is 5.32 Å². The van der Waals surface area contributed by atoms with E-state index in [1.54, 1.807) is 0 Å². The molecule has 1 aliphatic heterocycles. The Morgan fingerprint density at radius 2 is 1.89 bits per heavy atom. The van der Waals surface area contributed by atoms with Crippen molar-refractivity contribution >= 4 is 12.0 Å². The number of urea groups is 1. The molecule has 0 radical (unpaired) electrons. The topological polar surface area (TPSA) is 89.9 Å². The van der Waals surface area contributed by atoms with Crippen molar-refractivity contribution < 1.29 is 19.8 Å². The third-order valence-corrected chi connectivity index (χ3v) is 3.91. The summed E-state index contributed by atoms with van der Waals surface area (Å²) in [6.45, 7) is 0.782. The molecule has 102 valence electrons. The molecule has 18 heavy (non-hydrogen) atoms. The van der Waals surface area contributed by atoms with Gasteiger partial charge in [-0.1, -0.05) is 19.3 Å². The molecule has 1 heterocycles. The molecule has 0 aromatic heterocycles. The van der Waals surface area contributed by atoms with Gasteiger partial charge in [-0.2, -0.15) is 0 Å². The van der Waals surface area contributed by atoms with E-state index in [0.717, 1.165) is 19.3 Å². The second kappa shape index (κ2) is 5.14. The summed E-state index contributed by atoms with van der Waals surface area (Å²) < 4.78 is 0. The number of β-amino-alcohol motifs (C(OH)–C–C–N with tert-alkyl or cyclic N) is 1. The summed E-state index contributed by atoms with van der Waals surface area (Å²) in [5.41, 5.74) is -1.11. The Bertz CT molecular complexity index is 339. The first-order valence-corrected chi connectivity index (χ1v) is 6.52. The Morgan fingerprint density at radius 1 is 1.22 bits per heavy atom. The van der Waals surface area contributed by atoms with Gasteiger partial charge in [-0.05, 0) is 19.3 Å². The fourth-order valence-electron chi connectivity index (χ4n) is 2.76. The number of hydrogen-bond acceptors (Lipinski definition) is 3. The van der Waals surface area contributed by atoms with Crippen LogP contribution in [0.3, 0.4) is 0 Å². The molecule has 0 spiro atoms. The minimum absolute atomic E-state index is 0.293. The summed E-state index contributed by atoms with van der Waals surface area (Å²) in [6, 6.07) is -0.365. The molecule has 0 aromatic rings. The van der Waals surface area contributed by atoms with Gasteiger partial charge in [0.2, 0.25) is 0 Å². The van der Waals surface area contributed by atoms with Crippen LogP contribution in [-0.4, -0.2) is 51.8 Å². The zero-order valence-electron chi connectivity index (χ0n) is 10.4. The minimum atomic E-state index is -1.11. The average Bonchev–Trinajstić information content (AvgIpc) is 2.77. The van der Waals surface area contributed by atoms with Crippen LogP contribution in [0.15, 0.2) is 0 Å². The summed E-state index contributed by atoms with van der Waals surface area (Å²) in [7, 11) is 0. The Balaban J connectivity index is 2.00. The Morgan fingerprint density at radius 3 is 2.39 bits per heavy atom. The molecular formula is C12H20N2O4. The molecule has 1 saturated heterocycles. The monoisotopic (exact) mass is 256 g/mol. The van der Waals surface area contributed by atoms with Gasteiger partial charge >= 0.3 is 12.0 Å². The van der Waals surface area contributed by atoms with Crippen molar-refractivity contribution in [3.63, 3.8) is 0 Å². The molecule has 2 fully saturated rings. The Hall–Kier alpha value is -1.30. The van der Waals surface area contributed by atoms with Gasteiger partial charge in [0, 0.05) is 13.1 Å². The largest absolute Gasteiger partial charge is 0.480 e. The van der Waals surface area contributed by atoms with Crippen LogP contribution in [0.2, 0.25) is 0 Å². The second-order valence-corrected chi connectivity index (χ2v) is 5.27. The van der Waals surface area contributed by atoms with Gasteiger partial charge in [0.1, 0.15) is 5.54 Å². The highest BCUT2D eigenvalue weighted by molar-refractivity contribution is 5.86. The van der Waals surface area contributed by atoms with Crippen molar-refractivity contribution in [2.75, 3.05) is 13.1 Å². The van der Waals surface area contributed by atoms with E-state index in [4.69, 9.17) is 0 Å². The number of carbonyl (C=O) groups excluding carboxylic acids is 1. The van der Waals surface area contributed by atoms with Crippen LogP contribution < -0.4 is 5.32 Å². The first kappa shape index (κ1) is 13.1. The normalized spacial score (nSPS) is 26.9. The van der Waals surface area contributed by atoms with Crippen LogP contribution in [0.1, 0.15) is 38.5 Å². The van der Waals surface area contributed by atoms with Gasteiger partial charge < -0.3 is 20.4 Å². The van der Waals surface area contributed by atoms with E-state index in [-0.39, 0.29) is 6.03 Å². The molecule has 6 heteroatoms. The highest BCUT2D eigenvalue weighted by Gasteiger charge is 2.42. The predicted molar refractivity (Wildman–Crippen MR) is 64.2 cm³/mol. The standard InChI is InChI=1S/C12H20N2O4/c15-9-4-7-14(8-9)11(18)13-12(10(16)17)5-2-1-3-6-12/h9,15H,1-8H2,(H,13,18)(H,16,17). The number of carbonyl (C=O) groups is 2. The second-order valence-electron chi connectivity index (χ2n) is 5.27. The molecule has 1 aliphatic carbocycles. The number of carboxylic acids is 1. The van der Waals surface area contributed by atoms with E-state index < -0.39 is 17.6 Å². The highest BCUT2D eigenvalue weighted by Crippen LogP contribution is 2.29. The number of carboxylic acid groups (broad SMARTS) is 1. The first-order valence-electron chi connectivity index (χ1n) is 6.52. The van der Waals surface area contributed by atoms with Crippen molar-refractivity contribution in [3.05, 3.63) is 0 Å². The number of amides is 2. The number of nitrogens with zero attached hydrogens (tertiary/aromatic N) is 1. The minimum Gasteiger partial charge on any atom is -0.480 e. The average molecular weight is 256 g/mol. The summed E-state index contributed by atoms with van der Waals surface area (Å²) in [5, 5.41) is 21.4. The van der Waals surface area contributed by atoms with Crippen molar-refractivity contribution in [1.29, 1.82) is 0 Å². The molecule has 0 bridgehead atoms. The number of rotatable bonds is 2. The molecule has 2 aliphatic rings. The predicted octanol–water partition coefficient (Wildman–Crippen LogP) is 0.550. The number of likely N-dealkylation sites (tertiary alicyclic amines) is 1. The SMILES string of the molecule is O=C(NC1(C(=O)O)CCCCC1)N1CCC(O)C1. The lowest BCUT2D eigenvalue weighted by Crippen LogP contribution is -2.58. The van der Waals surface area contributed by atoms with Gasteiger partial charge in [-0.25, -0.2) is 9.59 Å². The fourth-order valence-corrected chi connectivity index (χ4v) is 2.76. The molecular weight excluding hydrogens is 236 g/mol. The van der Waals surface area contributed by atoms with Crippen molar-refractivity contribution in [2.24, 2.45) is 0 Å². The molecule has 0 aromatic carbocycles. The lowest BCUT2D eigenvalue weighted by Gasteiger charge is -2.35. The third-order valence-electron chi connectivity index (χ3n) is 3.91. The first-order chi connectivity index (χ1) is 8.53. The van der Waals surface area contributed by atoms with E-state index in [9.17, 15) is 19.8 Å². The van der Waals surface area contributed by atoms with Crippen LogP contribution in [0, 0.1) is 0 Å². The summed E-state index contributed by atoms with van der Waals surface area (Å²) in [4.78, 5) is 24.9. The van der Waals surface area contributed by atoms with Gasteiger partial charge in [-0.15, -0.1) is 0 Å². The lowest BCUT2D eigenvalue weighted by molar-refractivity contribution is -0.145. The number of nitrogens with one attached hydrogen (secondary N) is 1. The van der Waals surface area contributed by atoms with Crippen LogP contribution >= 0.6 is 0 Å². The fraction of sp³-hybridized carbons (Fsp3) is 0.833. The quantitative estimate of drug-likeness (QED) is 0.673. The maximum atomic E-state index is 12.0. The number of hydrogen-bond donors (Lipinski definition) is 3. The van der Waals surface area contributed by atoms with Gasteiger partial charge in [0.25, 0.3) is 0 Å². The molecule has 1 saturated carbocycles. The van der Waals surface area contributed by atoms with Crippen molar-refractivity contribution in [1.82, 2.24) is 10.2 Å². The summed E-state index contributed by atoms with van der Waals surface area (Å²) in [6.07, 6.45) is 3.74. The van der Waals surface area contributed by atoms with Crippen molar-refractivity contribution in [2.45, 2.75) is 50.2 Å². The zero-order valence-corrected chi connectivity index (χ0v) is 10.4. The van der Waals surface area contributed by atoms with Gasteiger partial charge in [0.15, 0.2) is 0 Å². The smallest absolute Gasteiger partial charge is 0.329 e. The van der Waals surface area contributed by atoms with E-state index in [1.807, 2.05) is 0 Å². The maximum absolute atomic E-state index is 12.0. The summed E-state index contributed by atoms with van der Waals surface area (Å²) in [5.74, 6) is -0.949. The maximum Gasteiger partial charge on any atom is 0.329 e.